The third kappa shape index (κ3) is 3.31. The number of β-amino-alcohol motifs (C(OH)–C–C–N with tert-alkyl or cyclic N) is 1. The lowest BCUT2D eigenvalue weighted by atomic mass is 10.0. The average Bonchev–Trinajstić information content (AvgIpc) is 2.96. The number of rotatable bonds is 4. The largest absolute Gasteiger partial charge is 0.489 e. The van der Waals surface area contributed by atoms with Gasteiger partial charge in [-0.05, 0) is 55.4 Å². The molecule has 2 aliphatic rings. The molecule has 2 aromatic rings. The number of benzene rings is 2. The van der Waals surface area contributed by atoms with Crippen molar-refractivity contribution in [3.63, 3.8) is 0 Å². The SMILES string of the molecule is CCOc1ccccc1N1C[C@](O)(c2ccc(Cl)cc2Cl)[N+]2=C1SCCC2. The van der Waals surface area contributed by atoms with E-state index < -0.39 is 5.72 Å². The summed E-state index contributed by atoms with van der Waals surface area (Å²) in [7, 11) is 0. The standard InChI is InChI=1S/C20H21Cl2N2O2S/c1-2-26-18-7-4-3-6-17(18)23-13-20(25,24-10-5-11-27-19(23)24)15-9-8-14(21)12-16(15)22/h3-4,6-9,12,25H,2,5,10-11,13H2,1H3/q+1/t20-/m0/s1. The number of halogens is 2. The fourth-order valence-electron chi connectivity index (χ4n) is 3.69. The van der Waals surface area contributed by atoms with Gasteiger partial charge in [-0.15, -0.1) is 0 Å². The van der Waals surface area contributed by atoms with Crippen LogP contribution in [-0.2, 0) is 5.72 Å². The smallest absolute Gasteiger partial charge is 0.316 e. The molecule has 0 aliphatic carbocycles. The molecule has 4 rings (SSSR count). The first-order valence-electron chi connectivity index (χ1n) is 8.99. The van der Waals surface area contributed by atoms with Gasteiger partial charge in [-0.25, -0.2) is 9.48 Å². The summed E-state index contributed by atoms with van der Waals surface area (Å²) in [6.07, 6.45) is 1.00. The second-order valence-corrected chi connectivity index (χ2v) is 8.47. The zero-order chi connectivity index (χ0) is 19.0. The molecular formula is C20H21Cl2N2O2S+. The molecule has 2 aromatic carbocycles. The summed E-state index contributed by atoms with van der Waals surface area (Å²) >= 11 is 14.3. The molecule has 2 heterocycles. The van der Waals surface area contributed by atoms with E-state index in [2.05, 4.69) is 9.48 Å². The molecule has 0 unspecified atom stereocenters. The number of para-hydroxylation sites is 2. The van der Waals surface area contributed by atoms with Crippen molar-refractivity contribution in [2.45, 2.75) is 19.1 Å². The molecule has 0 bridgehead atoms. The normalized spacial score (nSPS) is 22.1. The van der Waals surface area contributed by atoms with Crippen molar-refractivity contribution >= 4 is 45.8 Å². The van der Waals surface area contributed by atoms with Gasteiger partial charge >= 0.3 is 5.17 Å². The zero-order valence-corrected chi connectivity index (χ0v) is 17.3. The fraction of sp³-hybridized carbons (Fsp3) is 0.350. The Hall–Kier alpha value is -1.40. The summed E-state index contributed by atoms with van der Waals surface area (Å²) in [5.74, 6) is 1.83. The summed E-state index contributed by atoms with van der Waals surface area (Å²) < 4.78 is 7.89. The van der Waals surface area contributed by atoms with E-state index in [1.807, 2.05) is 37.3 Å². The molecule has 142 valence electrons. The number of thioether (sulfide) groups is 1. The van der Waals surface area contributed by atoms with Gasteiger partial charge < -0.3 is 9.84 Å². The van der Waals surface area contributed by atoms with Gasteiger partial charge in [0.2, 0.25) is 0 Å². The van der Waals surface area contributed by atoms with Crippen LogP contribution in [0.2, 0.25) is 10.0 Å². The highest BCUT2D eigenvalue weighted by molar-refractivity contribution is 8.13. The molecule has 7 heteroatoms. The van der Waals surface area contributed by atoms with Gasteiger partial charge in [0.05, 0.1) is 23.7 Å². The highest BCUT2D eigenvalue weighted by Crippen LogP contribution is 2.42. The van der Waals surface area contributed by atoms with Gasteiger partial charge in [-0.3, -0.25) is 0 Å². The van der Waals surface area contributed by atoms with Crippen LogP contribution in [0.25, 0.3) is 0 Å². The maximum absolute atomic E-state index is 11.8. The number of hydrogen-bond donors (Lipinski definition) is 1. The van der Waals surface area contributed by atoms with Gasteiger partial charge in [-0.1, -0.05) is 35.3 Å². The van der Waals surface area contributed by atoms with Crippen LogP contribution in [-0.4, -0.2) is 40.3 Å². The molecule has 2 aliphatic heterocycles. The summed E-state index contributed by atoms with van der Waals surface area (Å²) in [6.45, 7) is 3.70. The summed E-state index contributed by atoms with van der Waals surface area (Å²) in [6, 6.07) is 13.2. The van der Waals surface area contributed by atoms with Gasteiger partial charge in [0, 0.05) is 10.8 Å². The van der Waals surface area contributed by atoms with Crippen molar-refractivity contribution in [1.29, 1.82) is 0 Å². The Balaban J connectivity index is 1.83. The van der Waals surface area contributed by atoms with Gasteiger partial charge in [0.25, 0.3) is 5.72 Å². The van der Waals surface area contributed by atoms with Crippen LogP contribution in [0.5, 0.6) is 5.75 Å². The highest BCUT2D eigenvalue weighted by atomic mass is 35.5. The van der Waals surface area contributed by atoms with Crippen molar-refractivity contribution < 1.29 is 14.4 Å². The maximum atomic E-state index is 11.8. The van der Waals surface area contributed by atoms with Crippen LogP contribution in [0.15, 0.2) is 42.5 Å². The van der Waals surface area contributed by atoms with E-state index in [1.165, 1.54) is 0 Å². The Morgan fingerprint density at radius 2 is 2.07 bits per heavy atom. The van der Waals surface area contributed by atoms with E-state index >= 15 is 0 Å². The van der Waals surface area contributed by atoms with Crippen LogP contribution in [0.4, 0.5) is 5.69 Å². The van der Waals surface area contributed by atoms with Gasteiger partial charge in [0.15, 0.2) is 18.0 Å². The van der Waals surface area contributed by atoms with Crippen molar-refractivity contribution in [2.75, 3.05) is 30.3 Å². The minimum atomic E-state index is -1.22. The van der Waals surface area contributed by atoms with Crippen molar-refractivity contribution in [2.24, 2.45) is 0 Å². The third-order valence-electron chi connectivity index (χ3n) is 4.86. The fourth-order valence-corrected chi connectivity index (χ4v) is 5.42. The average molecular weight is 424 g/mol. The molecule has 0 spiro atoms. The van der Waals surface area contributed by atoms with Crippen molar-refractivity contribution in [3.8, 4) is 5.75 Å². The zero-order valence-electron chi connectivity index (χ0n) is 15.0. The Kier molecular flexibility index (Phi) is 5.30. The van der Waals surface area contributed by atoms with Crippen LogP contribution in [0.1, 0.15) is 18.9 Å². The molecule has 4 nitrogen and oxygen atoms in total. The number of aliphatic hydroxyl groups is 1. The summed E-state index contributed by atoms with van der Waals surface area (Å²) in [5.41, 5.74) is 0.406. The predicted molar refractivity (Wildman–Crippen MR) is 113 cm³/mol. The Labute approximate surface area is 173 Å². The highest BCUT2D eigenvalue weighted by Gasteiger charge is 2.54. The molecule has 0 aromatic heterocycles. The van der Waals surface area contributed by atoms with E-state index in [0.29, 0.717) is 28.8 Å². The minimum absolute atomic E-state index is 0.376. The molecule has 0 amide bonds. The predicted octanol–water partition coefficient (Wildman–Crippen LogP) is 4.56. The van der Waals surface area contributed by atoms with Crippen LogP contribution >= 0.6 is 35.0 Å². The number of nitrogens with zero attached hydrogens (tertiary/aromatic N) is 2. The minimum Gasteiger partial charge on any atom is -0.489 e. The van der Waals surface area contributed by atoms with Crippen molar-refractivity contribution in [3.05, 3.63) is 58.1 Å². The number of amidine groups is 1. The molecule has 0 radical (unpaired) electrons. The molecule has 0 saturated carbocycles. The lowest BCUT2D eigenvalue weighted by molar-refractivity contribution is -0.656. The Morgan fingerprint density at radius 1 is 1.26 bits per heavy atom. The first kappa shape index (κ1) is 18.9. The van der Waals surface area contributed by atoms with Crippen LogP contribution < -0.4 is 9.64 Å². The summed E-state index contributed by atoms with van der Waals surface area (Å²) in [5, 5.41) is 13.8. The molecule has 0 fully saturated rings. The second-order valence-electron chi connectivity index (χ2n) is 6.56. The Bertz CT molecular complexity index is 905. The van der Waals surface area contributed by atoms with Crippen molar-refractivity contribution in [1.82, 2.24) is 0 Å². The molecule has 27 heavy (non-hydrogen) atoms. The first-order valence-corrected chi connectivity index (χ1v) is 10.7. The number of ether oxygens (including phenoxy) is 1. The van der Waals surface area contributed by atoms with Gasteiger partial charge in [0.1, 0.15) is 0 Å². The van der Waals surface area contributed by atoms with E-state index in [0.717, 1.165) is 35.3 Å². The van der Waals surface area contributed by atoms with Crippen LogP contribution in [0.3, 0.4) is 0 Å². The topological polar surface area (TPSA) is 35.7 Å². The number of anilines is 1. The van der Waals surface area contributed by atoms with Crippen LogP contribution in [0, 0.1) is 0 Å². The number of hydrogen-bond acceptors (Lipinski definition) is 4. The second kappa shape index (κ2) is 7.55. The maximum Gasteiger partial charge on any atom is 0.316 e. The quantitative estimate of drug-likeness (QED) is 0.730. The summed E-state index contributed by atoms with van der Waals surface area (Å²) in [4.78, 5) is 2.14. The molecular weight excluding hydrogens is 403 g/mol. The molecule has 0 saturated heterocycles. The Morgan fingerprint density at radius 3 is 2.85 bits per heavy atom. The van der Waals surface area contributed by atoms with E-state index in [9.17, 15) is 5.11 Å². The van der Waals surface area contributed by atoms with E-state index in [4.69, 9.17) is 27.9 Å². The lowest BCUT2D eigenvalue weighted by Gasteiger charge is -2.25. The molecule has 1 N–H and O–H groups in total. The van der Waals surface area contributed by atoms with E-state index in [1.54, 1.807) is 23.9 Å². The first-order chi connectivity index (χ1) is 13.0. The third-order valence-corrected chi connectivity index (χ3v) is 6.60. The van der Waals surface area contributed by atoms with E-state index in [-0.39, 0.29) is 0 Å². The van der Waals surface area contributed by atoms with Gasteiger partial charge in [-0.2, -0.15) is 0 Å². The lowest BCUT2D eigenvalue weighted by Crippen LogP contribution is -2.41. The monoisotopic (exact) mass is 423 g/mol. The molecule has 1 atom stereocenters.